The van der Waals surface area contributed by atoms with Crippen LogP contribution in [-0.4, -0.2) is 25.0 Å². The zero-order chi connectivity index (χ0) is 22.7. The molecule has 1 heterocycles. The highest BCUT2D eigenvalue weighted by Gasteiger charge is 2.21. The van der Waals surface area contributed by atoms with Gasteiger partial charge < -0.3 is 13.9 Å². The smallest absolute Gasteiger partial charge is 0.339 e. The van der Waals surface area contributed by atoms with Crippen molar-refractivity contribution in [2.24, 2.45) is 0 Å². The molecule has 2 aromatic carbocycles. The van der Waals surface area contributed by atoms with Gasteiger partial charge in [-0.25, -0.2) is 4.79 Å². The lowest BCUT2D eigenvalue weighted by molar-refractivity contribution is -0.146. The number of rotatable bonds is 7. The molecule has 3 aromatic rings. The number of benzene rings is 2. The van der Waals surface area contributed by atoms with Gasteiger partial charge in [-0.3, -0.25) is 9.59 Å². The van der Waals surface area contributed by atoms with Gasteiger partial charge in [-0.2, -0.15) is 0 Å². The molecule has 0 aliphatic carbocycles. The summed E-state index contributed by atoms with van der Waals surface area (Å²) in [5, 5.41) is 0.780. The molecule has 0 saturated heterocycles. The quantitative estimate of drug-likeness (QED) is 0.317. The number of hydrogen-bond donors (Lipinski definition) is 0. The lowest BCUT2D eigenvalue weighted by Gasteiger charge is -2.14. The summed E-state index contributed by atoms with van der Waals surface area (Å²) in [4.78, 5) is 37.3. The van der Waals surface area contributed by atoms with Gasteiger partial charge in [0.1, 0.15) is 11.3 Å². The van der Waals surface area contributed by atoms with Gasteiger partial charge in [0, 0.05) is 29.0 Å². The van der Waals surface area contributed by atoms with E-state index in [0.717, 1.165) is 22.1 Å². The predicted molar refractivity (Wildman–Crippen MR) is 118 cm³/mol. The van der Waals surface area contributed by atoms with Crippen molar-refractivity contribution in [1.29, 1.82) is 0 Å². The molecule has 6 nitrogen and oxygen atoms in total. The maximum absolute atomic E-state index is 12.6. The molecule has 0 fully saturated rings. The molecular weight excluding hydrogens is 396 g/mol. The third kappa shape index (κ3) is 4.85. The van der Waals surface area contributed by atoms with Crippen LogP contribution in [0.3, 0.4) is 0 Å². The number of ketones is 1. The number of carbonyl (C=O) groups is 2. The molecule has 1 aromatic heterocycles. The molecule has 1 atom stereocenters. The van der Waals surface area contributed by atoms with Crippen LogP contribution in [-0.2, 0) is 16.0 Å². The normalized spacial score (nSPS) is 11.9. The molecular formula is C25H26O6. The first-order valence-corrected chi connectivity index (χ1v) is 10.1. The highest BCUT2D eigenvalue weighted by molar-refractivity contribution is 6.00. The Kier molecular flexibility index (Phi) is 6.59. The minimum atomic E-state index is -0.906. The molecule has 6 heteroatoms. The molecule has 0 amide bonds. The van der Waals surface area contributed by atoms with Gasteiger partial charge in [0.2, 0.25) is 5.78 Å². The van der Waals surface area contributed by atoms with E-state index in [-0.39, 0.29) is 18.6 Å². The van der Waals surface area contributed by atoms with E-state index >= 15 is 0 Å². The van der Waals surface area contributed by atoms with E-state index in [9.17, 15) is 14.4 Å². The van der Waals surface area contributed by atoms with E-state index in [0.29, 0.717) is 22.5 Å². The summed E-state index contributed by atoms with van der Waals surface area (Å²) in [5.41, 5.74) is 3.70. The summed E-state index contributed by atoms with van der Waals surface area (Å²) >= 11 is 0. The summed E-state index contributed by atoms with van der Waals surface area (Å²) in [6, 6.07) is 10.6. The number of carbonyl (C=O) groups excluding carboxylic acids is 2. The molecule has 3 rings (SSSR count). The van der Waals surface area contributed by atoms with Gasteiger partial charge in [0.15, 0.2) is 6.10 Å². The van der Waals surface area contributed by atoms with Crippen molar-refractivity contribution < 1.29 is 23.5 Å². The average Bonchev–Trinajstić information content (AvgIpc) is 2.74. The summed E-state index contributed by atoms with van der Waals surface area (Å²) in [6.45, 7) is 7.27. The molecule has 0 spiro atoms. The fourth-order valence-corrected chi connectivity index (χ4v) is 3.46. The van der Waals surface area contributed by atoms with Crippen molar-refractivity contribution in [3.63, 3.8) is 0 Å². The predicted octanol–water partition coefficient (Wildman–Crippen LogP) is 4.47. The molecule has 1 unspecified atom stereocenters. The van der Waals surface area contributed by atoms with Crippen LogP contribution < -0.4 is 10.4 Å². The number of Topliss-reactive ketones (excluding diaryl/α,β-unsaturated/α-hetero) is 1. The fraction of sp³-hybridized carbons (Fsp3) is 0.320. The van der Waals surface area contributed by atoms with Gasteiger partial charge in [0.05, 0.1) is 7.11 Å². The summed E-state index contributed by atoms with van der Waals surface area (Å²) in [5.74, 6) is -0.209. The first-order valence-electron chi connectivity index (χ1n) is 10.1. The van der Waals surface area contributed by atoms with E-state index < -0.39 is 17.7 Å². The first kappa shape index (κ1) is 22.3. The molecule has 0 aliphatic rings. The Morgan fingerprint density at radius 3 is 2.45 bits per heavy atom. The third-order valence-corrected chi connectivity index (χ3v) is 5.54. The first-order chi connectivity index (χ1) is 14.7. The standard InChI is InChI=1S/C25H26O6/c1-14-6-7-18(12-15(14)2)24(27)17(4)30-23(26)11-10-21-16(3)20-9-8-19(29-5)13-22(20)31-25(21)28/h6-9,12-13,17H,10-11H2,1-5H3. The summed E-state index contributed by atoms with van der Waals surface area (Å²) in [7, 11) is 1.54. The fourth-order valence-electron chi connectivity index (χ4n) is 3.46. The molecule has 31 heavy (non-hydrogen) atoms. The van der Waals surface area contributed by atoms with Crippen molar-refractivity contribution in [3.05, 3.63) is 74.6 Å². The van der Waals surface area contributed by atoms with Crippen molar-refractivity contribution in [3.8, 4) is 5.75 Å². The number of ether oxygens (including phenoxy) is 2. The van der Waals surface area contributed by atoms with Crippen molar-refractivity contribution in [2.75, 3.05) is 7.11 Å². The van der Waals surface area contributed by atoms with Crippen LogP contribution in [0.4, 0.5) is 0 Å². The monoisotopic (exact) mass is 422 g/mol. The summed E-state index contributed by atoms with van der Waals surface area (Å²) in [6.07, 6.45) is -0.770. The minimum Gasteiger partial charge on any atom is -0.497 e. The van der Waals surface area contributed by atoms with E-state index in [4.69, 9.17) is 13.9 Å². The average molecular weight is 422 g/mol. The second-order valence-corrected chi connectivity index (χ2v) is 7.65. The maximum Gasteiger partial charge on any atom is 0.339 e. The Hall–Kier alpha value is -3.41. The van der Waals surface area contributed by atoms with Gasteiger partial charge in [-0.05, 0) is 69.0 Å². The van der Waals surface area contributed by atoms with Gasteiger partial charge >= 0.3 is 11.6 Å². The Morgan fingerprint density at radius 2 is 1.77 bits per heavy atom. The lowest BCUT2D eigenvalue weighted by Crippen LogP contribution is -2.25. The number of fused-ring (bicyclic) bond motifs is 1. The van der Waals surface area contributed by atoms with E-state index in [1.165, 1.54) is 7.11 Å². The Morgan fingerprint density at radius 1 is 1.03 bits per heavy atom. The van der Waals surface area contributed by atoms with Crippen molar-refractivity contribution >= 4 is 22.7 Å². The van der Waals surface area contributed by atoms with Gasteiger partial charge in [-0.15, -0.1) is 0 Å². The van der Waals surface area contributed by atoms with Gasteiger partial charge in [0.25, 0.3) is 0 Å². The van der Waals surface area contributed by atoms with E-state index in [1.807, 2.05) is 32.9 Å². The van der Waals surface area contributed by atoms with Crippen LogP contribution >= 0.6 is 0 Å². The Bertz CT molecular complexity index is 1200. The molecule has 0 aliphatic heterocycles. The molecule has 162 valence electrons. The Labute approximate surface area is 180 Å². The summed E-state index contributed by atoms with van der Waals surface area (Å²) < 4.78 is 15.9. The Balaban J connectivity index is 1.69. The van der Waals surface area contributed by atoms with Crippen LogP contribution in [0.5, 0.6) is 5.75 Å². The van der Waals surface area contributed by atoms with Crippen LogP contribution in [0.15, 0.2) is 45.6 Å². The number of aryl methyl sites for hydroxylation is 3. The molecule has 0 saturated carbocycles. The highest BCUT2D eigenvalue weighted by atomic mass is 16.5. The third-order valence-electron chi connectivity index (χ3n) is 5.54. The zero-order valence-electron chi connectivity index (χ0n) is 18.4. The maximum atomic E-state index is 12.6. The second kappa shape index (κ2) is 9.16. The SMILES string of the molecule is COc1ccc2c(C)c(CCC(=O)OC(C)C(=O)c3ccc(C)c(C)c3)c(=O)oc2c1. The number of hydrogen-bond acceptors (Lipinski definition) is 6. The molecule has 0 bridgehead atoms. The molecule has 0 radical (unpaired) electrons. The second-order valence-electron chi connectivity index (χ2n) is 7.65. The van der Waals surface area contributed by atoms with Crippen LogP contribution in [0.25, 0.3) is 11.0 Å². The van der Waals surface area contributed by atoms with Crippen LogP contribution in [0, 0.1) is 20.8 Å². The van der Waals surface area contributed by atoms with E-state index in [2.05, 4.69) is 0 Å². The number of methoxy groups -OCH3 is 1. The van der Waals surface area contributed by atoms with Crippen molar-refractivity contribution in [2.45, 2.75) is 46.6 Å². The zero-order valence-corrected chi connectivity index (χ0v) is 18.4. The van der Waals surface area contributed by atoms with Crippen molar-refractivity contribution in [1.82, 2.24) is 0 Å². The van der Waals surface area contributed by atoms with Gasteiger partial charge in [-0.1, -0.05) is 12.1 Å². The number of esters is 1. The molecule has 0 N–H and O–H groups in total. The van der Waals surface area contributed by atoms with Crippen LogP contribution in [0.1, 0.15) is 46.0 Å². The largest absolute Gasteiger partial charge is 0.497 e. The van der Waals surface area contributed by atoms with E-state index in [1.54, 1.807) is 31.2 Å². The highest BCUT2D eigenvalue weighted by Crippen LogP contribution is 2.24. The minimum absolute atomic E-state index is 0.0300. The lowest BCUT2D eigenvalue weighted by atomic mass is 10.0. The topological polar surface area (TPSA) is 82.8 Å². The van der Waals surface area contributed by atoms with Crippen LogP contribution in [0.2, 0.25) is 0 Å².